The molecule has 0 spiro atoms. The molecule has 4 rings (SSSR count). The molecule has 0 aromatic carbocycles. The molecule has 3 aromatic rings. The van der Waals surface area contributed by atoms with Gasteiger partial charge in [0.1, 0.15) is 17.8 Å². The van der Waals surface area contributed by atoms with Crippen LogP contribution in [0.3, 0.4) is 0 Å². The molecule has 31 heavy (non-hydrogen) atoms. The summed E-state index contributed by atoms with van der Waals surface area (Å²) in [6.45, 7) is 5.76. The number of piperazine rings is 1. The van der Waals surface area contributed by atoms with Gasteiger partial charge in [-0.05, 0) is 32.0 Å². The molecule has 8 nitrogen and oxygen atoms in total. The number of nitrogens with zero attached hydrogens (tertiary/aromatic N) is 7. The van der Waals surface area contributed by atoms with Gasteiger partial charge in [-0.2, -0.15) is 18.3 Å². The Labute approximate surface area is 176 Å². The summed E-state index contributed by atoms with van der Waals surface area (Å²) in [7, 11) is 0. The van der Waals surface area contributed by atoms with Crippen LogP contribution in [-0.2, 0) is 6.18 Å². The van der Waals surface area contributed by atoms with Crippen molar-refractivity contribution in [2.45, 2.75) is 20.0 Å². The van der Waals surface area contributed by atoms with Crippen LogP contribution < -0.4 is 4.90 Å². The molecular formula is C20H20F3N7O. The van der Waals surface area contributed by atoms with Crippen LogP contribution in [0.5, 0.6) is 0 Å². The zero-order valence-electron chi connectivity index (χ0n) is 17.0. The Morgan fingerprint density at radius 3 is 2.26 bits per heavy atom. The third-order valence-electron chi connectivity index (χ3n) is 5.06. The number of carbonyl (C=O) groups excluding carboxylic acids is 1. The number of amides is 1. The Balaban J connectivity index is 1.42. The van der Waals surface area contributed by atoms with Crippen LogP contribution in [0.15, 0.2) is 36.8 Å². The lowest BCUT2D eigenvalue weighted by Gasteiger charge is -2.35. The molecule has 1 amide bonds. The number of hydrogen-bond donors (Lipinski definition) is 0. The van der Waals surface area contributed by atoms with E-state index in [4.69, 9.17) is 0 Å². The molecular weight excluding hydrogens is 411 g/mol. The van der Waals surface area contributed by atoms with Gasteiger partial charge in [-0.1, -0.05) is 0 Å². The number of anilines is 1. The topological polar surface area (TPSA) is 80.0 Å². The highest BCUT2D eigenvalue weighted by Gasteiger charge is 2.32. The standard InChI is InChI=1S/C20H20F3N7O/c1-13-9-14(2)30(27-13)18-10-17(25-12-26-18)28-5-7-29(8-6-28)19(31)15-3-4-16(24-11-15)20(21,22)23/h3-4,9-12H,5-8H2,1-2H3. The highest BCUT2D eigenvalue weighted by Crippen LogP contribution is 2.27. The third kappa shape index (κ3) is 4.35. The van der Waals surface area contributed by atoms with Crippen molar-refractivity contribution in [1.29, 1.82) is 0 Å². The van der Waals surface area contributed by atoms with E-state index >= 15 is 0 Å². The molecule has 1 fully saturated rings. The zero-order chi connectivity index (χ0) is 22.2. The summed E-state index contributed by atoms with van der Waals surface area (Å²) in [5, 5.41) is 4.44. The zero-order valence-corrected chi connectivity index (χ0v) is 17.0. The highest BCUT2D eigenvalue weighted by atomic mass is 19.4. The molecule has 1 aliphatic heterocycles. The summed E-state index contributed by atoms with van der Waals surface area (Å²) in [4.78, 5) is 28.3. The lowest BCUT2D eigenvalue weighted by atomic mass is 10.2. The van der Waals surface area contributed by atoms with Gasteiger partial charge in [0.05, 0.1) is 11.3 Å². The lowest BCUT2D eigenvalue weighted by Crippen LogP contribution is -2.49. The van der Waals surface area contributed by atoms with Gasteiger partial charge in [-0.3, -0.25) is 9.78 Å². The van der Waals surface area contributed by atoms with E-state index in [2.05, 4.69) is 20.1 Å². The average molecular weight is 431 g/mol. The van der Waals surface area contributed by atoms with Crippen LogP contribution >= 0.6 is 0 Å². The lowest BCUT2D eigenvalue weighted by molar-refractivity contribution is -0.141. The summed E-state index contributed by atoms with van der Waals surface area (Å²) in [6.07, 6.45) is -2.08. The van der Waals surface area contributed by atoms with Crippen LogP contribution in [0.1, 0.15) is 27.4 Å². The van der Waals surface area contributed by atoms with Crippen LogP contribution in [0.2, 0.25) is 0 Å². The molecule has 0 atom stereocenters. The molecule has 0 aliphatic carbocycles. The summed E-state index contributed by atoms with van der Waals surface area (Å²) >= 11 is 0. The van der Waals surface area contributed by atoms with Crippen LogP contribution in [0.25, 0.3) is 5.82 Å². The Morgan fingerprint density at radius 1 is 0.968 bits per heavy atom. The normalized spacial score (nSPS) is 14.7. The SMILES string of the molecule is Cc1cc(C)n(-c2cc(N3CCN(C(=O)c4ccc(C(F)(F)F)nc4)CC3)ncn2)n1. The predicted molar refractivity (Wildman–Crippen MR) is 106 cm³/mol. The van der Waals surface area contributed by atoms with Crippen molar-refractivity contribution in [1.82, 2.24) is 29.6 Å². The molecule has 3 aromatic heterocycles. The van der Waals surface area contributed by atoms with Crippen molar-refractivity contribution >= 4 is 11.7 Å². The molecule has 1 aliphatic rings. The van der Waals surface area contributed by atoms with Gasteiger partial charge in [0, 0.05) is 44.1 Å². The number of hydrogen-bond acceptors (Lipinski definition) is 6. The van der Waals surface area contributed by atoms with Gasteiger partial charge in [-0.25, -0.2) is 14.6 Å². The minimum absolute atomic E-state index is 0.135. The van der Waals surface area contributed by atoms with E-state index in [-0.39, 0.29) is 11.5 Å². The number of aromatic nitrogens is 5. The molecule has 0 bridgehead atoms. The maximum atomic E-state index is 12.7. The molecule has 0 saturated carbocycles. The maximum Gasteiger partial charge on any atom is 0.433 e. The van der Waals surface area contributed by atoms with Gasteiger partial charge in [0.2, 0.25) is 0 Å². The van der Waals surface area contributed by atoms with E-state index in [1.54, 1.807) is 9.58 Å². The second kappa shape index (κ2) is 7.97. The largest absolute Gasteiger partial charge is 0.433 e. The highest BCUT2D eigenvalue weighted by molar-refractivity contribution is 5.94. The number of halogens is 3. The van der Waals surface area contributed by atoms with Gasteiger partial charge < -0.3 is 9.80 Å². The quantitative estimate of drug-likeness (QED) is 0.635. The van der Waals surface area contributed by atoms with Crippen molar-refractivity contribution in [3.05, 3.63) is 59.4 Å². The summed E-state index contributed by atoms with van der Waals surface area (Å²) in [5.74, 6) is 1.04. The smallest absolute Gasteiger partial charge is 0.353 e. The molecule has 11 heteroatoms. The summed E-state index contributed by atoms with van der Waals surface area (Å²) < 4.78 is 39.7. The van der Waals surface area contributed by atoms with Crippen LogP contribution in [-0.4, -0.2) is 61.7 Å². The van der Waals surface area contributed by atoms with Crippen molar-refractivity contribution < 1.29 is 18.0 Å². The first kappa shape index (κ1) is 20.8. The van der Waals surface area contributed by atoms with Crippen molar-refractivity contribution in [3.63, 3.8) is 0 Å². The van der Waals surface area contributed by atoms with Crippen molar-refractivity contribution in [2.75, 3.05) is 31.1 Å². The van der Waals surface area contributed by atoms with Gasteiger partial charge in [-0.15, -0.1) is 0 Å². The average Bonchev–Trinajstić information content (AvgIpc) is 3.11. The molecule has 1 saturated heterocycles. The van der Waals surface area contributed by atoms with Crippen molar-refractivity contribution in [3.8, 4) is 5.82 Å². The van der Waals surface area contributed by atoms with Gasteiger partial charge in [0.25, 0.3) is 5.91 Å². The molecule has 0 N–H and O–H groups in total. The fraction of sp³-hybridized carbons (Fsp3) is 0.350. The van der Waals surface area contributed by atoms with Gasteiger partial charge in [0.15, 0.2) is 5.82 Å². The third-order valence-corrected chi connectivity index (χ3v) is 5.06. The fourth-order valence-electron chi connectivity index (χ4n) is 3.50. The summed E-state index contributed by atoms with van der Waals surface area (Å²) in [6, 6.07) is 5.79. The minimum Gasteiger partial charge on any atom is -0.353 e. The molecule has 4 heterocycles. The van der Waals surface area contributed by atoms with Gasteiger partial charge >= 0.3 is 6.18 Å². The van der Waals surface area contributed by atoms with E-state index in [0.717, 1.165) is 35.5 Å². The van der Waals surface area contributed by atoms with E-state index < -0.39 is 11.9 Å². The first-order valence-electron chi connectivity index (χ1n) is 9.65. The van der Waals surface area contributed by atoms with Crippen molar-refractivity contribution in [2.24, 2.45) is 0 Å². The van der Waals surface area contributed by atoms with E-state index in [0.29, 0.717) is 32.0 Å². The van der Waals surface area contributed by atoms with Crippen LogP contribution in [0, 0.1) is 13.8 Å². The first-order valence-corrected chi connectivity index (χ1v) is 9.65. The Bertz CT molecular complexity index is 1090. The number of aryl methyl sites for hydroxylation is 2. The number of pyridine rings is 1. The number of rotatable bonds is 3. The first-order chi connectivity index (χ1) is 14.7. The number of carbonyl (C=O) groups is 1. The molecule has 0 unspecified atom stereocenters. The Morgan fingerprint density at radius 2 is 1.68 bits per heavy atom. The second-order valence-corrected chi connectivity index (χ2v) is 7.28. The minimum atomic E-state index is -4.53. The molecule has 162 valence electrons. The Kier molecular flexibility index (Phi) is 5.34. The maximum absolute atomic E-state index is 12.7. The monoisotopic (exact) mass is 431 g/mol. The van der Waals surface area contributed by atoms with E-state index in [1.807, 2.05) is 30.9 Å². The predicted octanol–water partition coefficient (Wildman–Crippen LogP) is 2.66. The van der Waals surface area contributed by atoms with E-state index in [9.17, 15) is 18.0 Å². The fourth-order valence-corrected chi connectivity index (χ4v) is 3.50. The number of alkyl halides is 3. The molecule has 0 radical (unpaired) electrons. The Hall–Kier alpha value is -3.50. The van der Waals surface area contributed by atoms with Crippen LogP contribution in [0.4, 0.5) is 19.0 Å². The summed E-state index contributed by atoms with van der Waals surface area (Å²) in [5.41, 5.74) is 0.969. The van der Waals surface area contributed by atoms with E-state index in [1.165, 1.54) is 6.33 Å². The second-order valence-electron chi connectivity index (χ2n) is 7.28.